The molecule has 0 spiro atoms. The highest BCUT2D eigenvalue weighted by Crippen LogP contribution is 2.17. The molecule has 1 aromatic carbocycles. The number of benzene rings is 1. The highest BCUT2D eigenvalue weighted by molar-refractivity contribution is 5.94. The Hall–Kier alpha value is -1.84. The van der Waals surface area contributed by atoms with Gasteiger partial charge in [0.2, 0.25) is 5.91 Å². The van der Waals surface area contributed by atoms with E-state index in [1.165, 1.54) is 0 Å². The number of hydrogen-bond donors (Lipinski definition) is 2. The van der Waals surface area contributed by atoms with Crippen molar-refractivity contribution in [2.24, 2.45) is 5.41 Å². The summed E-state index contributed by atoms with van der Waals surface area (Å²) >= 11 is 0. The molecule has 1 rings (SSSR count). The quantitative estimate of drug-likeness (QED) is 0.847. The zero-order valence-electron chi connectivity index (χ0n) is 14.3. The molecule has 0 aliphatic carbocycles. The van der Waals surface area contributed by atoms with Crippen LogP contribution in [-0.4, -0.2) is 17.9 Å². The van der Waals surface area contributed by atoms with Crippen LogP contribution in [0, 0.1) is 5.41 Å². The minimum Gasteiger partial charge on any atom is -0.352 e. The first-order valence-corrected chi connectivity index (χ1v) is 7.88. The van der Waals surface area contributed by atoms with Gasteiger partial charge in [0.1, 0.15) is 0 Å². The molecule has 122 valence electrons. The predicted molar refractivity (Wildman–Crippen MR) is 89.6 cm³/mol. The van der Waals surface area contributed by atoms with E-state index in [1.807, 2.05) is 46.8 Å². The number of carbonyl (C=O) groups excluding carboxylic acids is 2. The Morgan fingerprint density at radius 3 is 2.23 bits per heavy atom. The Kier molecular flexibility index (Phi) is 6.60. The lowest BCUT2D eigenvalue weighted by molar-refractivity contribution is -0.122. The van der Waals surface area contributed by atoms with Gasteiger partial charge in [-0.15, -0.1) is 0 Å². The van der Waals surface area contributed by atoms with E-state index in [4.69, 9.17) is 0 Å². The average molecular weight is 304 g/mol. The van der Waals surface area contributed by atoms with Gasteiger partial charge in [0.15, 0.2) is 0 Å². The molecule has 0 saturated carbocycles. The lowest BCUT2D eigenvalue weighted by Crippen LogP contribution is -2.31. The Balaban J connectivity index is 2.51. The fourth-order valence-electron chi connectivity index (χ4n) is 1.93. The van der Waals surface area contributed by atoms with Gasteiger partial charge in [-0.2, -0.15) is 0 Å². The first-order chi connectivity index (χ1) is 10.2. The van der Waals surface area contributed by atoms with Gasteiger partial charge in [0.05, 0.1) is 0 Å². The molecule has 0 heterocycles. The molecule has 0 bridgehead atoms. The van der Waals surface area contributed by atoms with Gasteiger partial charge >= 0.3 is 0 Å². The summed E-state index contributed by atoms with van der Waals surface area (Å²) in [5.74, 6) is -0.0104. The molecule has 1 atom stereocenters. The zero-order chi connectivity index (χ0) is 16.8. The van der Waals surface area contributed by atoms with Crippen molar-refractivity contribution in [3.63, 3.8) is 0 Å². The Morgan fingerprint density at radius 2 is 1.73 bits per heavy atom. The summed E-state index contributed by atoms with van der Waals surface area (Å²) in [5.41, 5.74) is 1.62. The van der Waals surface area contributed by atoms with Crippen LogP contribution in [0.2, 0.25) is 0 Å². The Labute approximate surface area is 133 Å². The van der Waals surface area contributed by atoms with Crippen LogP contribution in [0.3, 0.4) is 0 Å². The summed E-state index contributed by atoms with van der Waals surface area (Å²) in [6.45, 7) is 10.6. The second-order valence-electron chi connectivity index (χ2n) is 6.99. The van der Waals surface area contributed by atoms with Gasteiger partial charge in [-0.3, -0.25) is 9.59 Å². The molecule has 4 nitrogen and oxygen atoms in total. The van der Waals surface area contributed by atoms with E-state index in [0.29, 0.717) is 18.5 Å². The second-order valence-corrected chi connectivity index (χ2v) is 6.99. The SMILES string of the molecule is CC[C@H](C)NC(=O)c1ccc(CNC(=O)CC(C)(C)C)cc1. The second kappa shape index (κ2) is 7.97. The van der Waals surface area contributed by atoms with Gasteiger partial charge in [-0.05, 0) is 36.5 Å². The standard InChI is InChI=1S/C18H28N2O2/c1-6-13(2)20-17(22)15-9-7-14(8-10-15)12-19-16(21)11-18(3,4)5/h7-10,13H,6,11-12H2,1-5H3,(H,19,21)(H,20,22)/t13-/m0/s1. The van der Waals surface area contributed by atoms with Crippen molar-refractivity contribution in [1.82, 2.24) is 10.6 Å². The number of rotatable bonds is 6. The molecule has 0 saturated heterocycles. The van der Waals surface area contributed by atoms with E-state index in [-0.39, 0.29) is 23.3 Å². The molecular weight excluding hydrogens is 276 g/mol. The van der Waals surface area contributed by atoms with Crippen LogP contribution >= 0.6 is 0 Å². The third kappa shape index (κ3) is 6.74. The van der Waals surface area contributed by atoms with Crippen LogP contribution < -0.4 is 10.6 Å². The van der Waals surface area contributed by atoms with Crippen LogP contribution in [-0.2, 0) is 11.3 Å². The van der Waals surface area contributed by atoms with Crippen molar-refractivity contribution < 1.29 is 9.59 Å². The molecule has 1 aromatic rings. The van der Waals surface area contributed by atoms with E-state index in [1.54, 1.807) is 12.1 Å². The Bertz CT molecular complexity index is 501. The summed E-state index contributed by atoms with van der Waals surface area (Å²) in [5, 5.41) is 5.84. The first kappa shape index (κ1) is 18.2. The summed E-state index contributed by atoms with van der Waals surface area (Å²) in [6.07, 6.45) is 1.41. The van der Waals surface area contributed by atoms with E-state index in [2.05, 4.69) is 10.6 Å². The van der Waals surface area contributed by atoms with Crippen LogP contribution in [0.25, 0.3) is 0 Å². The average Bonchev–Trinajstić information content (AvgIpc) is 2.43. The van der Waals surface area contributed by atoms with Crippen molar-refractivity contribution >= 4 is 11.8 Å². The van der Waals surface area contributed by atoms with Gasteiger partial charge in [0.25, 0.3) is 5.91 Å². The molecular formula is C18H28N2O2. The number of amides is 2. The van der Waals surface area contributed by atoms with Crippen molar-refractivity contribution in [3.8, 4) is 0 Å². The molecule has 0 radical (unpaired) electrons. The summed E-state index contributed by atoms with van der Waals surface area (Å²) in [7, 11) is 0. The number of hydrogen-bond acceptors (Lipinski definition) is 2. The molecule has 0 fully saturated rings. The van der Waals surface area contributed by atoms with Gasteiger partial charge in [-0.1, -0.05) is 39.8 Å². The normalized spacial score (nSPS) is 12.6. The van der Waals surface area contributed by atoms with E-state index < -0.39 is 0 Å². The summed E-state index contributed by atoms with van der Waals surface area (Å²) in [6, 6.07) is 7.52. The fraction of sp³-hybridized carbons (Fsp3) is 0.556. The van der Waals surface area contributed by atoms with Crippen LogP contribution in [0.4, 0.5) is 0 Å². The zero-order valence-corrected chi connectivity index (χ0v) is 14.3. The van der Waals surface area contributed by atoms with E-state index >= 15 is 0 Å². The highest BCUT2D eigenvalue weighted by Gasteiger charge is 2.15. The molecule has 0 unspecified atom stereocenters. The summed E-state index contributed by atoms with van der Waals surface area (Å²) < 4.78 is 0. The monoisotopic (exact) mass is 304 g/mol. The van der Waals surface area contributed by atoms with Gasteiger partial charge in [0, 0.05) is 24.6 Å². The molecule has 0 aromatic heterocycles. The fourth-order valence-corrected chi connectivity index (χ4v) is 1.93. The third-order valence-corrected chi connectivity index (χ3v) is 3.39. The summed E-state index contributed by atoms with van der Waals surface area (Å²) in [4.78, 5) is 23.8. The first-order valence-electron chi connectivity index (χ1n) is 7.88. The molecule has 4 heteroatoms. The van der Waals surface area contributed by atoms with Crippen LogP contribution in [0.1, 0.15) is 63.4 Å². The molecule has 2 N–H and O–H groups in total. The van der Waals surface area contributed by atoms with E-state index in [0.717, 1.165) is 12.0 Å². The maximum atomic E-state index is 12.0. The largest absolute Gasteiger partial charge is 0.352 e. The lowest BCUT2D eigenvalue weighted by atomic mass is 9.92. The molecule has 22 heavy (non-hydrogen) atoms. The minimum absolute atomic E-state index is 0.0119. The molecule has 0 aliphatic rings. The maximum Gasteiger partial charge on any atom is 0.251 e. The Morgan fingerprint density at radius 1 is 1.14 bits per heavy atom. The molecule has 0 aliphatic heterocycles. The highest BCUT2D eigenvalue weighted by atomic mass is 16.2. The smallest absolute Gasteiger partial charge is 0.251 e. The predicted octanol–water partition coefficient (Wildman–Crippen LogP) is 3.27. The van der Waals surface area contributed by atoms with Crippen molar-refractivity contribution in [1.29, 1.82) is 0 Å². The van der Waals surface area contributed by atoms with Crippen molar-refractivity contribution in [3.05, 3.63) is 35.4 Å². The minimum atomic E-state index is -0.0577. The van der Waals surface area contributed by atoms with Crippen molar-refractivity contribution in [2.75, 3.05) is 0 Å². The topological polar surface area (TPSA) is 58.2 Å². The maximum absolute atomic E-state index is 12.0. The number of nitrogens with one attached hydrogen (secondary N) is 2. The van der Waals surface area contributed by atoms with E-state index in [9.17, 15) is 9.59 Å². The van der Waals surface area contributed by atoms with Crippen LogP contribution in [0.15, 0.2) is 24.3 Å². The lowest BCUT2D eigenvalue weighted by Gasteiger charge is -2.17. The molecule has 2 amide bonds. The number of carbonyl (C=O) groups is 2. The van der Waals surface area contributed by atoms with Gasteiger partial charge in [-0.25, -0.2) is 0 Å². The third-order valence-electron chi connectivity index (χ3n) is 3.39. The van der Waals surface area contributed by atoms with Gasteiger partial charge < -0.3 is 10.6 Å². The van der Waals surface area contributed by atoms with Crippen LogP contribution in [0.5, 0.6) is 0 Å². The van der Waals surface area contributed by atoms with Crippen molar-refractivity contribution in [2.45, 2.75) is 60.0 Å².